The third-order valence-electron chi connectivity index (χ3n) is 4.93. The molecule has 0 bridgehead atoms. The molecular formula is C20H21ClN6O. The summed E-state index contributed by atoms with van der Waals surface area (Å²) in [5.74, 6) is 2.58. The van der Waals surface area contributed by atoms with Gasteiger partial charge in [0.1, 0.15) is 5.82 Å². The van der Waals surface area contributed by atoms with E-state index in [9.17, 15) is 4.79 Å². The maximum atomic E-state index is 12.5. The molecule has 0 aliphatic carbocycles. The van der Waals surface area contributed by atoms with Crippen molar-refractivity contribution < 1.29 is 4.79 Å². The number of aromatic nitrogens is 4. The van der Waals surface area contributed by atoms with Gasteiger partial charge in [-0.25, -0.2) is 4.98 Å². The lowest BCUT2D eigenvalue weighted by molar-refractivity contribution is -0.130. The van der Waals surface area contributed by atoms with Crippen molar-refractivity contribution in [3.05, 3.63) is 65.2 Å². The molecule has 1 aliphatic heterocycles. The zero-order chi connectivity index (χ0) is 19.5. The van der Waals surface area contributed by atoms with Crippen molar-refractivity contribution in [3.63, 3.8) is 0 Å². The number of nitrogens with zero attached hydrogens (tertiary/aromatic N) is 6. The Morgan fingerprint density at radius 1 is 1.00 bits per heavy atom. The Labute approximate surface area is 168 Å². The molecule has 4 rings (SSSR count). The number of amides is 1. The standard InChI is InChI=1S/C20H21ClN6O/c1-15-22-8-9-27(15)19-7-6-18(23-24-19)25-10-12-26(13-11-25)20(28)14-16-2-4-17(21)5-3-16/h2-9H,10-14H2,1H3. The molecule has 1 aliphatic rings. The summed E-state index contributed by atoms with van der Waals surface area (Å²) in [6.07, 6.45) is 4.01. The lowest BCUT2D eigenvalue weighted by Crippen LogP contribution is -2.49. The summed E-state index contributed by atoms with van der Waals surface area (Å²) in [6.45, 7) is 4.76. The summed E-state index contributed by atoms with van der Waals surface area (Å²) in [5.41, 5.74) is 0.980. The number of carbonyl (C=O) groups excluding carboxylic acids is 1. The number of hydrogen-bond acceptors (Lipinski definition) is 5. The molecule has 0 spiro atoms. The normalized spacial score (nSPS) is 14.4. The summed E-state index contributed by atoms with van der Waals surface area (Å²) >= 11 is 5.90. The molecule has 3 heterocycles. The monoisotopic (exact) mass is 396 g/mol. The van der Waals surface area contributed by atoms with Gasteiger partial charge in [0, 0.05) is 43.6 Å². The summed E-state index contributed by atoms with van der Waals surface area (Å²) in [7, 11) is 0. The van der Waals surface area contributed by atoms with Crippen molar-refractivity contribution in [2.45, 2.75) is 13.3 Å². The van der Waals surface area contributed by atoms with Gasteiger partial charge in [0.2, 0.25) is 5.91 Å². The minimum atomic E-state index is 0.138. The number of halogens is 1. The van der Waals surface area contributed by atoms with E-state index in [4.69, 9.17) is 11.6 Å². The first-order chi connectivity index (χ1) is 13.6. The lowest BCUT2D eigenvalue weighted by atomic mass is 10.1. The highest BCUT2D eigenvalue weighted by atomic mass is 35.5. The van der Waals surface area contributed by atoms with Gasteiger partial charge in [0.25, 0.3) is 0 Å². The van der Waals surface area contributed by atoms with E-state index in [1.807, 2.05) is 59.0 Å². The molecule has 1 saturated heterocycles. The summed E-state index contributed by atoms with van der Waals surface area (Å²) in [4.78, 5) is 20.8. The van der Waals surface area contributed by atoms with Crippen LogP contribution in [-0.4, -0.2) is 56.7 Å². The molecule has 0 unspecified atom stereocenters. The van der Waals surface area contributed by atoms with Crippen molar-refractivity contribution >= 4 is 23.3 Å². The largest absolute Gasteiger partial charge is 0.352 e. The van der Waals surface area contributed by atoms with Crippen molar-refractivity contribution in [3.8, 4) is 5.82 Å². The zero-order valence-corrected chi connectivity index (χ0v) is 16.4. The quantitative estimate of drug-likeness (QED) is 0.677. The third-order valence-corrected chi connectivity index (χ3v) is 5.19. The zero-order valence-electron chi connectivity index (χ0n) is 15.6. The van der Waals surface area contributed by atoms with Crippen LogP contribution in [0.15, 0.2) is 48.8 Å². The number of hydrogen-bond donors (Lipinski definition) is 0. The second-order valence-corrected chi connectivity index (χ2v) is 7.20. The maximum Gasteiger partial charge on any atom is 0.227 e. The number of benzene rings is 1. The van der Waals surface area contributed by atoms with Crippen LogP contribution in [-0.2, 0) is 11.2 Å². The first-order valence-corrected chi connectivity index (χ1v) is 9.59. The number of imidazole rings is 1. The number of piperazine rings is 1. The number of carbonyl (C=O) groups is 1. The van der Waals surface area contributed by atoms with Crippen LogP contribution in [0, 0.1) is 6.92 Å². The molecule has 1 aromatic carbocycles. The van der Waals surface area contributed by atoms with Crippen molar-refractivity contribution in [2.75, 3.05) is 31.1 Å². The highest BCUT2D eigenvalue weighted by Crippen LogP contribution is 2.16. The second kappa shape index (κ2) is 7.98. The Morgan fingerprint density at radius 3 is 2.29 bits per heavy atom. The van der Waals surface area contributed by atoms with E-state index in [-0.39, 0.29) is 5.91 Å². The molecule has 28 heavy (non-hydrogen) atoms. The molecule has 7 nitrogen and oxygen atoms in total. The van der Waals surface area contributed by atoms with Crippen LogP contribution in [0.5, 0.6) is 0 Å². The molecule has 1 amide bonds. The molecule has 8 heteroatoms. The number of anilines is 1. The Kier molecular flexibility index (Phi) is 5.25. The maximum absolute atomic E-state index is 12.5. The molecular weight excluding hydrogens is 376 g/mol. The average Bonchev–Trinajstić information content (AvgIpc) is 3.16. The van der Waals surface area contributed by atoms with Gasteiger partial charge >= 0.3 is 0 Å². The van der Waals surface area contributed by atoms with Crippen LogP contribution < -0.4 is 4.90 Å². The summed E-state index contributed by atoms with van der Waals surface area (Å²) in [5, 5.41) is 9.35. The Balaban J connectivity index is 1.34. The van der Waals surface area contributed by atoms with E-state index in [0.717, 1.165) is 36.1 Å². The Hall–Kier alpha value is -2.93. The van der Waals surface area contributed by atoms with Crippen LogP contribution in [0.25, 0.3) is 5.82 Å². The van der Waals surface area contributed by atoms with E-state index in [0.29, 0.717) is 24.5 Å². The molecule has 0 radical (unpaired) electrons. The predicted octanol–water partition coefficient (Wildman–Crippen LogP) is 2.52. The first kappa shape index (κ1) is 18.4. The van der Waals surface area contributed by atoms with Gasteiger partial charge in [-0.05, 0) is 36.8 Å². The Bertz CT molecular complexity index is 946. The van der Waals surface area contributed by atoms with E-state index in [1.54, 1.807) is 6.20 Å². The number of rotatable bonds is 4. The highest BCUT2D eigenvalue weighted by Gasteiger charge is 2.22. The minimum Gasteiger partial charge on any atom is -0.352 e. The van der Waals surface area contributed by atoms with Gasteiger partial charge in [-0.2, -0.15) is 0 Å². The van der Waals surface area contributed by atoms with Gasteiger partial charge in [-0.15, -0.1) is 10.2 Å². The van der Waals surface area contributed by atoms with Crippen LogP contribution in [0.2, 0.25) is 5.02 Å². The fourth-order valence-corrected chi connectivity index (χ4v) is 3.44. The smallest absolute Gasteiger partial charge is 0.227 e. The van der Waals surface area contributed by atoms with Crippen molar-refractivity contribution in [1.29, 1.82) is 0 Å². The van der Waals surface area contributed by atoms with E-state index < -0.39 is 0 Å². The molecule has 1 fully saturated rings. The van der Waals surface area contributed by atoms with E-state index >= 15 is 0 Å². The SMILES string of the molecule is Cc1nccn1-c1ccc(N2CCN(C(=O)Cc3ccc(Cl)cc3)CC2)nn1. The molecule has 0 atom stereocenters. The van der Waals surface area contributed by atoms with Gasteiger partial charge < -0.3 is 9.80 Å². The van der Waals surface area contributed by atoms with Crippen LogP contribution >= 0.6 is 11.6 Å². The number of aryl methyl sites for hydroxylation is 1. The van der Waals surface area contributed by atoms with Gasteiger partial charge in [-0.3, -0.25) is 9.36 Å². The topological polar surface area (TPSA) is 67.2 Å². The van der Waals surface area contributed by atoms with E-state index in [2.05, 4.69) is 20.1 Å². The average molecular weight is 397 g/mol. The van der Waals surface area contributed by atoms with Crippen LogP contribution in [0.1, 0.15) is 11.4 Å². The second-order valence-electron chi connectivity index (χ2n) is 6.77. The molecule has 3 aromatic rings. The molecule has 144 valence electrons. The lowest BCUT2D eigenvalue weighted by Gasteiger charge is -2.35. The predicted molar refractivity (Wildman–Crippen MR) is 108 cm³/mol. The molecule has 0 N–H and O–H groups in total. The van der Waals surface area contributed by atoms with Crippen molar-refractivity contribution in [1.82, 2.24) is 24.6 Å². The third kappa shape index (κ3) is 3.99. The van der Waals surface area contributed by atoms with E-state index in [1.165, 1.54) is 0 Å². The van der Waals surface area contributed by atoms with Crippen molar-refractivity contribution in [2.24, 2.45) is 0 Å². The highest BCUT2D eigenvalue weighted by molar-refractivity contribution is 6.30. The fraction of sp³-hybridized carbons (Fsp3) is 0.300. The molecule has 2 aromatic heterocycles. The Morgan fingerprint density at radius 2 is 1.68 bits per heavy atom. The van der Waals surface area contributed by atoms with Crippen LogP contribution in [0.3, 0.4) is 0 Å². The van der Waals surface area contributed by atoms with Gasteiger partial charge in [0.05, 0.1) is 6.42 Å². The minimum absolute atomic E-state index is 0.138. The first-order valence-electron chi connectivity index (χ1n) is 9.21. The molecule has 0 saturated carbocycles. The van der Waals surface area contributed by atoms with Crippen LogP contribution in [0.4, 0.5) is 5.82 Å². The fourth-order valence-electron chi connectivity index (χ4n) is 3.31. The summed E-state index contributed by atoms with van der Waals surface area (Å²) < 4.78 is 1.89. The summed E-state index contributed by atoms with van der Waals surface area (Å²) in [6, 6.07) is 11.3. The van der Waals surface area contributed by atoms with Gasteiger partial charge in [0.15, 0.2) is 11.6 Å². The van der Waals surface area contributed by atoms with Gasteiger partial charge in [-0.1, -0.05) is 23.7 Å².